The SMILES string of the molecule is CC(C)c1ccccc1C1(C)COCO1. The first kappa shape index (κ1) is 10.7. The van der Waals surface area contributed by atoms with Crippen LogP contribution in [0.2, 0.25) is 0 Å². The second-order valence-corrected chi connectivity index (χ2v) is 4.58. The summed E-state index contributed by atoms with van der Waals surface area (Å²) in [5, 5.41) is 0. The molecule has 2 rings (SSSR count). The molecule has 82 valence electrons. The minimum Gasteiger partial charge on any atom is -0.352 e. The van der Waals surface area contributed by atoms with Gasteiger partial charge in [0.15, 0.2) is 0 Å². The van der Waals surface area contributed by atoms with E-state index in [4.69, 9.17) is 9.47 Å². The lowest BCUT2D eigenvalue weighted by atomic mass is 9.87. The maximum atomic E-state index is 5.70. The second-order valence-electron chi connectivity index (χ2n) is 4.58. The maximum Gasteiger partial charge on any atom is 0.148 e. The van der Waals surface area contributed by atoms with Gasteiger partial charge in [0.2, 0.25) is 0 Å². The molecule has 1 saturated heterocycles. The standard InChI is InChI=1S/C13H18O2/c1-10(2)11-6-4-5-7-12(11)13(3)8-14-9-15-13/h4-7,10H,8-9H2,1-3H3. The Kier molecular flexibility index (Phi) is 2.81. The molecule has 1 heterocycles. The summed E-state index contributed by atoms with van der Waals surface area (Å²) in [6, 6.07) is 8.46. The van der Waals surface area contributed by atoms with E-state index in [0.717, 1.165) is 0 Å². The average Bonchev–Trinajstić information content (AvgIpc) is 2.66. The molecule has 0 aliphatic carbocycles. The van der Waals surface area contributed by atoms with E-state index in [9.17, 15) is 0 Å². The van der Waals surface area contributed by atoms with Crippen LogP contribution < -0.4 is 0 Å². The third-order valence-electron chi connectivity index (χ3n) is 2.99. The van der Waals surface area contributed by atoms with Gasteiger partial charge in [-0.2, -0.15) is 0 Å². The van der Waals surface area contributed by atoms with Gasteiger partial charge in [0.05, 0.1) is 6.61 Å². The van der Waals surface area contributed by atoms with E-state index in [2.05, 4.69) is 45.0 Å². The van der Waals surface area contributed by atoms with Crippen LogP contribution in [-0.4, -0.2) is 13.4 Å². The van der Waals surface area contributed by atoms with Crippen molar-refractivity contribution in [3.63, 3.8) is 0 Å². The highest BCUT2D eigenvalue weighted by Gasteiger charge is 2.34. The lowest BCUT2D eigenvalue weighted by Gasteiger charge is -2.26. The van der Waals surface area contributed by atoms with Crippen LogP contribution >= 0.6 is 0 Å². The first-order valence-electron chi connectivity index (χ1n) is 5.44. The Hall–Kier alpha value is -0.860. The average molecular weight is 206 g/mol. The van der Waals surface area contributed by atoms with Crippen LogP contribution in [0.3, 0.4) is 0 Å². The molecule has 1 atom stereocenters. The highest BCUT2D eigenvalue weighted by molar-refractivity contribution is 5.34. The first-order valence-corrected chi connectivity index (χ1v) is 5.44. The third kappa shape index (κ3) is 1.92. The molecule has 15 heavy (non-hydrogen) atoms. The Balaban J connectivity index is 2.42. The minimum atomic E-state index is -0.263. The van der Waals surface area contributed by atoms with Gasteiger partial charge in [-0.25, -0.2) is 0 Å². The predicted octanol–water partition coefficient (Wildman–Crippen LogP) is 3.03. The highest BCUT2D eigenvalue weighted by atomic mass is 16.7. The summed E-state index contributed by atoms with van der Waals surface area (Å²) in [7, 11) is 0. The molecule has 0 amide bonds. The minimum absolute atomic E-state index is 0.263. The second kappa shape index (κ2) is 3.95. The summed E-state index contributed by atoms with van der Waals surface area (Å²) in [4.78, 5) is 0. The number of hydrogen-bond acceptors (Lipinski definition) is 2. The van der Waals surface area contributed by atoms with E-state index < -0.39 is 0 Å². The Labute approximate surface area is 91.2 Å². The number of rotatable bonds is 2. The summed E-state index contributed by atoms with van der Waals surface area (Å²) in [5.74, 6) is 0.516. The predicted molar refractivity (Wildman–Crippen MR) is 59.8 cm³/mol. The van der Waals surface area contributed by atoms with Crippen molar-refractivity contribution >= 4 is 0 Å². The van der Waals surface area contributed by atoms with Crippen LogP contribution in [0.4, 0.5) is 0 Å². The summed E-state index contributed by atoms with van der Waals surface area (Å²) in [6.07, 6.45) is 0. The van der Waals surface area contributed by atoms with Gasteiger partial charge in [0, 0.05) is 0 Å². The first-order chi connectivity index (χ1) is 7.13. The van der Waals surface area contributed by atoms with Crippen molar-refractivity contribution in [1.82, 2.24) is 0 Å². The Morgan fingerprint density at radius 3 is 2.60 bits per heavy atom. The summed E-state index contributed by atoms with van der Waals surface area (Å²) in [6.45, 7) is 7.57. The molecule has 0 radical (unpaired) electrons. The number of hydrogen-bond donors (Lipinski definition) is 0. The van der Waals surface area contributed by atoms with Gasteiger partial charge in [0.1, 0.15) is 12.4 Å². The van der Waals surface area contributed by atoms with Gasteiger partial charge in [0.25, 0.3) is 0 Å². The number of ether oxygens (including phenoxy) is 2. The smallest absolute Gasteiger partial charge is 0.148 e. The van der Waals surface area contributed by atoms with Crippen LogP contribution in [0.1, 0.15) is 37.8 Å². The zero-order chi connectivity index (χ0) is 10.9. The van der Waals surface area contributed by atoms with Crippen molar-refractivity contribution in [3.05, 3.63) is 35.4 Å². The molecular formula is C13H18O2. The fraction of sp³-hybridized carbons (Fsp3) is 0.538. The molecule has 0 aromatic heterocycles. The van der Waals surface area contributed by atoms with Gasteiger partial charge in [-0.05, 0) is 24.0 Å². The maximum absolute atomic E-state index is 5.70. The zero-order valence-corrected chi connectivity index (χ0v) is 9.62. The van der Waals surface area contributed by atoms with E-state index in [1.807, 2.05) is 0 Å². The lowest BCUT2D eigenvalue weighted by Crippen LogP contribution is -2.25. The Bertz CT molecular complexity index is 338. The fourth-order valence-corrected chi connectivity index (χ4v) is 2.09. The molecule has 0 spiro atoms. The van der Waals surface area contributed by atoms with Crippen molar-refractivity contribution in [2.75, 3.05) is 13.4 Å². The molecule has 1 aliphatic rings. The van der Waals surface area contributed by atoms with Gasteiger partial charge in [-0.3, -0.25) is 0 Å². The van der Waals surface area contributed by atoms with Gasteiger partial charge < -0.3 is 9.47 Å². The quantitative estimate of drug-likeness (QED) is 0.740. The van der Waals surface area contributed by atoms with Crippen LogP contribution in [0.25, 0.3) is 0 Å². The normalized spacial score (nSPS) is 26.1. The molecule has 2 nitrogen and oxygen atoms in total. The van der Waals surface area contributed by atoms with Crippen molar-refractivity contribution < 1.29 is 9.47 Å². The Morgan fingerprint density at radius 1 is 1.27 bits per heavy atom. The largest absolute Gasteiger partial charge is 0.352 e. The van der Waals surface area contributed by atoms with Crippen molar-refractivity contribution in [2.45, 2.75) is 32.3 Å². The highest BCUT2D eigenvalue weighted by Crippen LogP contribution is 2.34. The number of benzene rings is 1. The summed E-state index contributed by atoms with van der Waals surface area (Å²) in [5.41, 5.74) is 2.35. The van der Waals surface area contributed by atoms with Crippen LogP contribution in [0, 0.1) is 0 Å². The molecule has 1 aromatic carbocycles. The molecule has 1 fully saturated rings. The summed E-state index contributed by atoms with van der Waals surface area (Å²) >= 11 is 0. The van der Waals surface area contributed by atoms with Gasteiger partial charge in [-0.1, -0.05) is 38.1 Å². The van der Waals surface area contributed by atoms with E-state index in [1.165, 1.54) is 11.1 Å². The van der Waals surface area contributed by atoms with Crippen LogP contribution in [-0.2, 0) is 15.1 Å². The molecule has 0 N–H and O–H groups in total. The third-order valence-corrected chi connectivity index (χ3v) is 2.99. The van der Waals surface area contributed by atoms with Gasteiger partial charge >= 0.3 is 0 Å². The molecular weight excluding hydrogens is 188 g/mol. The monoisotopic (exact) mass is 206 g/mol. The topological polar surface area (TPSA) is 18.5 Å². The van der Waals surface area contributed by atoms with Crippen molar-refractivity contribution in [2.24, 2.45) is 0 Å². The molecule has 2 heteroatoms. The lowest BCUT2D eigenvalue weighted by molar-refractivity contribution is -0.000998. The van der Waals surface area contributed by atoms with Crippen LogP contribution in [0.5, 0.6) is 0 Å². The molecule has 0 saturated carbocycles. The Morgan fingerprint density at radius 2 is 2.00 bits per heavy atom. The van der Waals surface area contributed by atoms with Crippen molar-refractivity contribution in [3.8, 4) is 0 Å². The fourth-order valence-electron chi connectivity index (χ4n) is 2.09. The van der Waals surface area contributed by atoms with E-state index in [1.54, 1.807) is 0 Å². The van der Waals surface area contributed by atoms with Crippen LogP contribution in [0.15, 0.2) is 24.3 Å². The summed E-state index contributed by atoms with van der Waals surface area (Å²) < 4.78 is 11.0. The zero-order valence-electron chi connectivity index (χ0n) is 9.62. The van der Waals surface area contributed by atoms with E-state index in [-0.39, 0.29) is 5.60 Å². The molecule has 0 bridgehead atoms. The van der Waals surface area contributed by atoms with Gasteiger partial charge in [-0.15, -0.1) is 0 Å². The van der Waals surface area contributed by atoms with Crippen molar-refractivity contribution in [1.29, 1.82) is 0 Å². The van der Waals surface area contributed by atoms with E-state index in [0.29, 0.717) is 19.3 Å². The molecule has 1 aliphatic heterocycles. The van der Waals surface area contributed by atoms with E-state index >= 15 is 0 Å². The molecule has 1 aromatic rings. The molecule has 1 unspecified atom stereocenters.